The molecule has 0 aliphatic carbocycles. The van der Waals surface area contributed by atoms with Gasteiger partial charge in [0.15, 0.2) is 6.79 Å². The fourth-order valence-electron chi connectivity index (χ4n) is 2.54. The third kappa shape index (κ3) is 4.27. The van der Waals surface area contributed by atoms with Crippen molar-refractivity contribution < 1.29 is 28.5 Å². The van der Waals surface area contributed by atoms with Crippen LogP contribution >= 0.6 is 0 Å². The highest BCUT2D eigenvalue weighted by Gasteiger charge is 2.24. The van der Waals surface area contributed by atoms with Gasteiger partial charge < -0.3 is 18.9 Å². The number of esters is 2. The number of pyridine rings is 1. The topological polar surface area (TPSA) is 88.4 Å². The second-order valence-corrected chi connectivity index (χ2v) is 5.47. The van der Waals surface area contributed by atoms with E-state index in [1.165, 1.54) is 21.3 Å². The Morgan fingerprint density at radius 2 is 1.96 bits per heavy atom. The summed E-state index contributed by atoms with van der Waals surface area (Å²) in [4.78, 5) is 23.6. The molecule has 0 aliphatic rings. The number of hydrogen-bond acceptors (Lipinski definition) is 7. The Morgan fingerprint density at radius 1 is 1.20 bits per heavy atom. The van der Waals surface area contributed by atoms with Crippen molar-refractivity contribution in [2.75, 3.05) is 28.1 Å². The first-order valence-corrected chi connectivity index (χ1v) is 7.80. The summed E-state index contributed by atoms with van der Waals surface area (Å²) in [5.74, 6) is -0.327. The summed E-state index contributed by atoms with van der Waals surface area (Å²) in [5.41, 5.74) is 2.31. The van der Waals surface area contributed by atoms with E-state index in [1.54, 1.807) is 16.8 Å². The van der Waals surface area contributed by atoms with E-state index in [4.69, 9.17) is 14.2 Å². The van der Waals surface area contributed by atoms with E-state index in [9.17, 15) is 9.59 Å². The molecule has 8 nitrogen and oxygen atoms in total. The van der Waals surface area contributed by atoms with Crippen LogP contribution in [0.2, 0.25) is 0 Å². The smallest absolute Gasteiger partial charge is 0.342 e. The van der Waals surface area contributed by atoms with E-state index in [2.05, 4.69) is 9.84 Å². The van der Waals surface area contributed by atoms with Crippen molar-refractivity contribution in [3.05, 3.63) is 29.1 Å². The van der Waals surface area contributed by atoms with Crippen molar-refractivity contribution in [3.63, 3.8) is 0 Å². The van der Waals surface area contributed by atoms with Gasteiger partial charge in [-0.1, -0.05) is 0 Å². The fourth-order valence-corrected chi connectivity index (χ4v) is 2.54. The van der Waals surface area contributed by atoms with Gasteiger partial charge in [0, 0.05) is 19.7 Å². The van der Waals surface area contributed by atoms with Gasteiger partial charge in [-0.2, -0.15) is 5.10 Å². The van der Waals surface area contributed by atoms with Crippen molar-refractivity contribution in [1.29, 1.82) is 0 Å². The first kappa shape index (κ1) is 18.7. The summed E-state index contributed by atoms with van der Waals surface area (Å²) in [7, 11) is 4.17. The average molecular weight is 350 g/mol. The Morgan fingerprint density at radius 3 is 2.60 bits per heavy atom. The standard InChI is InChI=1S/C17H22N2O6/c1-11-8-13(25-10-22-2)16-15(17(21)24-4)12(18-19(16)9-11)6-5-7-14(20)23-3/h8-9H,5-7,10H2,1-4H3. The molecule has 25 heavy (non-hydrogen) atoms. The molecule has 2 aromatic rings. The van der Waals surface area contributed by atoms with Crippen LogP contribution in [0, 0.1) is 6.92 Å². The average Bonchev–Trinajstić information content (AvgIpc) is 2.96. The molecule has 2 heterocycles. The Labute approximate surface area is 145 Å². The third-order valence-electron chi connectivity index (χ3n) is 3.64. The molecule has 0 amide bonds. The molecule has 0 unspecified atom stereocenters. The van der Waals surface area contributed by atoms with E-state index in [1.807, 2.05) is 6.92 Å². The van der Waals surface area contributed by atoms with Crippen molar-refractivity contribution in [1.82, 2.24) is 9.61 Å². The highest BCUT2D eigenvalue weighted by atomic mass is 16.7. The zero-order chi connectivity index (χ0) is 18.4. The molecule has 2 rings (SSSR count). The molecule has 0 spiro atoms. The van der Waals surface area contributed by atoms with E-state index in [-0.39, 0.29) is 19.2 Å². The predicted octanol–water partition coefficient (Wildman–Crippen LogP) is 1.91. The van der Waals surface area contributed by atoms with Crippen molar-refractivity contribution in [3.8, 4) is 5.75 Å². The molecule has 136 valence electrons. The zero-order valence-electron chi connectivity index (χ0n) is 14.8. The normalized spacial score (nSPS) is 10.7. The lowest BCUT2D eigenvalue weighted by Crippen LogP contribution is -2.07. The molecular weight excluding hydrogens is 328 g/mol. The molecule has 0 aliphatic heterocycles. The van der Waals surface area contributed by atoms with Crippen LogP contribution in [0.1, 0.15) is 34.5 Å². The largest absolute Gasteiger partial charge is 0.469 e. The minimum Gasteiger partial charge on any atom is -0.469 e. The van der Waals surface area contributed by atoms with Gasteiger partial charge in [0.05, 0.1) is 19.9 Å². The van der Waals surface area contributed by atoms with Crippen LogP contribution in [-0.4, -0.2) is 49.7 Å². The quantitative estimate of drug-likeness (QED) is 0.531. The highest BCUT2D eigenvalue weighted by molar-refractivity contribution is 6.00. The molecule has 0 atom stereocenters. The number of aromatic nitrogens is 2. The molecule has 0 saturated heterocycles. The van der Waals surface area contributed by atoms with Gasteiger partial charge >= 0.3 is 11.9 Å². The van der Waals surface area contributed by atoms with E-state index < -0.39 is 5.97 Å². The summed E-state index contributed by atoms with van der Waals surface area (Å²) < 4.78 is 21.7. The lowest BCUT2D eigenvalue weighted by Gasteiger charge is -2.09. The first-order chi connectivity index (χ1) is 12.0. The van der Waals surface area contributed by atoms with Crippen LogP contribution in [0.25, 0.3) is 5.52 Å². The molecule has 0 bridgehead atoms. The highest BCUT2D eigenvalue weighted by Crippen LogP contribution is 2.29. The first-order valence-electron chi connectivity index (χ1n) is 7.80. The second-order valence-electron chi connectivity index (χ2n) is 5.47. The molecule has 0 aromatic carbocycles. The van der Waals surface area contributed by atoms with Gasteiger partial charge in [-0.05, 0) is 31.4 Å². The lowest BCUT2D eigenvalue weighted by molar-refractivity contribution is -0.140. The molecule has 0 N–H and O–H groups in total. The fraction of sp³-hybridized carbons (Fsp3) is 0.471. The monoisotopic (exact) mass is 350 g/mol. The summed E-state index contributed by atoms with van der Waals surface area (Å²) in [5, 5.41) is 4.48. The third-order valence-corrected chi connectivity index (χ3v) is 3.64. The van der Waals surface area contributed by atoms with Crippen molar-refractivity contribution in [2.45, 2.75) is 26.2 Å². The van der Waals surface area contributed by atoms with Crippen LogP contribution in [-0.2, 0) is 25.4 Å². The number of hydrogen-bond donors (Lipinski definition) is 0. The van der Waals surface area contributed by atoms with Crippen molar-refractivity contribution >= 4 is 17.5 Å². The molecule has 8 heteroatoms. The van der Waals surface area contributed by atoms with E-state index in [0.717, 1.165) is 5.56 Å². The number of aryl methyl sites for hydroxylation is 2. The Balaban J connectivity index is 2.46. The van der Waals surface area contributed by atoms with E-state index >= 15 is 0 Å². The van der Waals surface area contributed by atoms with Gasteiger partial charge in [-0.15, -0.1) is 0 Å². The summed E-state index contributed by atoms with van der Waals surface area (Å²) in [6, 6.07) is 1.81. The number of carbonyl (C=O) groups excluding carboxylic acids is 2. The summed E-state index contributed by atoms with van der Waals surface area (Å²) in [6.45, 7) is 1.94. The van der Waals surface area contributed by atoms with E-state index in [0.29, 0.717) is 35.4 Å². The number of carbonyl (C=O) groups is 2. The Kier molecular flexibility index (Phi) is 6.35. The molecular formula is C17H22N2O6. The number of methoxy groups -OCH3 is 3. The SMILES string of the molecule is COCOc1cc(C)cn2nc(CCCC(=O)OC)c(C(=O)OC)c12. The summed E-state index contributed by atoms with van der Waals surface area (Å²) >= 11 is 0. The molecule has 0 saturated carbocycles. The predicted molar refractivity (Wildman–Crippen MR) is 88.7 cm³/mol. The molecule has 2 aromatic heterocycles. The maximum Gasteiger partial charge on any atom is 0.342 e. The maximum atomic E-state index is 12.3. The van der Waals surface area contributed by atoms with Crippen LogP contribution in [0.5, 0.6) is 5.75 Å². The van der Waals surface area contributed by atoms with Gasteiger partial charge in [-0.25, -0.2) is 9.31 Å². The summed E-state index contributed by atoms with van der Waals surface area (Å²) in [6.07, 6.45) is 2.99. The minimum absolute atomic E-state index is 0.0442. The van der Waals surface area contributed by atoms with Crippen molar-refractivity contribution in [2.24, 2.45) is 0 Å². The minimum atomic E-state index is -0.505. The molecule has 0 fully saturated rings. The zero-order valence-corrected chi connectivity index (χ0v) is 14.8. The molecule has 0 radical (unpaired) electrons. The van der Waals surface area contributed by atoms with Gasteiger partial charge in [0.1, 0.15) is 16.8 Å². The van der Waals surface area contributed by atoms with Crippen LogP contribution in [0.15, 0.2) is 12.3 Å². The van der Waals surface area contributed by atoms with Crippen LogP contribution < -0.4 is 4.74 Å². The Hall–Kier alpha value is -2.61. The van der Waals surface area contributed by atoms with Crippen LogP contribution in [0.4, 0.5) is 0 Å². The van der Waals surface area contributed by atoms with Gasteiger partial charge in [-0.3, -0.25) is 4.79 Å². The number of nitrogens with zero attached hydrogens (tertiary/aromatic N) is 2. The van der Waals surface area contributed by atoms with Gasteiger partial charge in [0.2, 0.25) is 0 Å². The second kappa shape index (κ2) is 8.48. The van der Waals surface area contributed by atoms with Gasteiger partial charge in [0.25, 0.3) is 0 Å². The Bertz CT molecular complexity index is 768. The number of ether oxygens (including phenoxy) is 4. The number of fused-ring (bicyclic) bond motifs is 1. The number of rotatable bonds is 8. The van der Waals surface area contributed by atoms with Crippen LogP contribution in [0.3, 0.4) is 0 Å². The maximum absolute atomic E-state index is 12.3. The lowest BCUT2D eigenvalue weighted by atomic mass is 10.1.